The maximum absolute atomic E-state index is 12.4. The summed E-state index contributed by atoms with van der Waals surface area (Å²) in [5.41, 5.74) is 2.00. The molecule has 1 aromatic carbocycles. The molecule has 5 heteroatoms. The molecule has 24 heavy (non-hydrogen) atoms. The fourth-order valence-corrected chi connectivity index (χ4v) is 2.68. The molecule has 0 saturated heterocycles. The van der Waals surface area contributed by atoms with Gasteiger partial charge in [0.15, 0.2) is 0 Å². The zero-order chi connectivity index (χ0) is 17.1. The number of carbonyl (C=O) groups is 1. The highest BCUT2D eigenvalue weighted by atomic mass is 16.2. The number of carbonyl (C=O) groups excluding carboxylic acids is 1. The highest BCUT2D eigenvalue weighted by molar-refractivity contribution is 5.85. The number of nitrogens with one attached hydrogen (secondary N) is 1. The number of fused-ring (bicyclic) bond motifs is 1. The van der Waals surface area contributed by atoms with Crippen molar-refractivity contribution in [2.75, 3.05) is 19.0 Å². The van der Waals surface area contributed by atoms with Gasteiger partial charge < -0.3 is 14.8 Å². The zero-order valence-corrected chi connectivity index (χ0v) is 14.2. The van der Waals surface area contributed by atoms with E-state index >= 15 is 0 Å². The molecular formula is C19H22N4O. The summed E-state index contributed by atoms with van der Waals surface area (Å²) >= 11 is 0. The molecule has 3 aromatic rings. The average Bonchev–Trinajstić information content (AvgIpc) is 3.12. The van der Waals surface area contributed by atoms with Gasteiger partial charge in [-0.2, -0.15) is 0 Å². The molecule has 2 heterocycles. The van der Waals surface area contributed by atoms with Crippen LogP contribution in [0.4, 0.5) is 5.82 Å². The van der Waals surface area contributed by atoms with Gasteiger partial charge in [-0.25, -0.2) is 4.98 Å². The van der Waals surface area contributed by atoms with Gasteiger partial charge in [0.05, 0.1) is 5.52 Å². The molecule has 0 spiro atoms. The van der Waals surface area contributed by atoms with Gasteiger partial charge in [0.25, 0.3) is 0 Å². The van der Waals surface area contributed by atoms with Crippen molar-refractivity contribution in [2.45, 2.75) is 19.5 Å². The van der Waals surface area contributed by atoms with Gasteiger partial charge >= 0.3 is 0 Å². The summed E-state index contributed by atoms with van der Waals surface area (Å²) in [5, 5.41) is 4.11. The third-order valence-electron chi connectivity index (χ3n) is 4.15. The lowest BCUT2D eigenvalue weighted by atomic mass is 10.1. The van der Waals surface area contributed by atoms with E-state index in [1.165, 1.54) is 0 Å². The molecule has 0 unspecified atom stereocenters. The highest BCUT2D eigenvalue weighted by Crippen LogP contribution is 2.22. The molecule has 0 aliphatic rings. The van der Waals surface area contributed by atoms with E-state index in [1.807, 2.05) is 85.3 Å². The van der Waals surface area contributed by atoms with Crippen LogP contribution in [-0.4, -0.2) is 29.6 Å². The third kappa shape index (κ3) is 3.25. The fraction of sp³-hybridized carbons (Fsp3) is 0.263. The average molecular weight is 322 g/mol. The second-order valence-corrected chi connectivity index (χ2v) is 6.08. The Hall–Kier alpha value is -2.82. The van der Waals surface area contributed by atoms with Crippen LogP contribution in [0.1, 0.15) is 18.5 Å². The number of para-hydroxylation sites is 1. The predicted octanol–water partition coefficient (Wildman–Crippen LogP) is 2.98. The normalized spacial score (nSPS) is 12.1. The number of nitrogens with zero attached hydrogens (tertiary/aromatic N) is 3. The second kappa shape index (κ2) is 6.74. The van der Waals surface area contributed by atoms with Crippen LogP contribution in [0.25, 0.3) is 10.9 Å². The standard InChI is InChI=1S/C19H22N4O/c1-14(23-10-6-7-11-23)19(24)20-13-15-12-18(22(2)3)21-17-9-5-4-8-16(15)17/h4-12,14H,13H2,1-3H3,(H,20,24)/t14-/m0/s1. The van der Waals surface area contributed by atoms with Crippen molar-refractivity contribution >= 4 is 22.6 Å². The van der Waals surface area contributed by atoms with Gasteiger partial charge in [-0.3, -0.25) is 4.79 Å². The van der Waals surface area contributed by atoms with Crippen molar-refractivity contribution in [3.63, 3.8) is 0 Å². The van der Waals surface area contributed by atoms with E-state index in [1.54, 1.807) is 0 Å². The Morgan fingerprint density at radius 3 is 2.62 bits per heavy atom. The molecule has 124 valence electrons. The Balaban J connectivity index is 1.83. The number of hydrogen-bond donors (Lipinski definition) is 1. The van der Waals surface area contributed by atoms with Gasteiger partial charge in [0, 0.05) is 38.4 Å². The lowest BCUT2D eigenvalue weighted by Crippen LogP contribution is -2.30. The van der Waals surface area contributed by atoms with E-state index in [2.05, 4.69) is 10.3 Å². The van der Waals surface area contributed by atoms with Crippen molar-refractivity contribution in [3.05, 3.63) is 60.4 Å². The maximum Gasteiger partial charge on any atom is 0.243 e. The highest BCUT2D eigenvalue weighted by Gasteiger charge is 2.14. The Labute approximate surface area is 141 Å². The summed E-state index contributed by atoms with van der Waals surface area (Å²) in [5.74, 6) is 0.884. The monoisotopic (exact) mass is 322 g/mol. The molecule has 1 amide bonds. The van der Waals surface area contributed by atoms with Gasteiger partial charge in [-0.15, -0.1) is 0 Å². The van der Waals surface area contributed by atoms with Gasteiger partial charge in [-0.05, 0) is 36.8 Å². The summed E-state index contributed by atoms with van der Waals surface area (Å²) in [4.78, 5) is 19.0. The predicted molar refractivity (Wildman–Crippen MR) is 97.1 cm³/mol. The zero-order valence-electron chi connectivity index (χ0n) is 14.2. The smallest absolute Gasteiger partial charge is 0.243 e. The second-order valence-electron chi connectivity index (χ2n) is 6.08. The van der Waals surface area contributed by atoms with E-state index < -0.39 is 0 Å². The van der Waals surface area contributed by atoms with E-state index in [-0.39, 0.29) is 11.9 Å². The Morgan fingerprint density at radius 2 is 1.92 bits per heavy atom. The van der Waals surface area contributed by atoms with Crippen LogP contribution in [0, 0.1) is 0 Å². The lowest BCUT2D eigenvalue weighted by molar-refractivity contribution is -0.124. The summed E-state index contributed by atoms with van der Waals surface area (Å²) < 4.78 is 1.89. The molecule has 0 radical (unpaired) electrons. The van der Waals surface area contributed by atoms with Crippen molar-refractivity contribution in [1.82, 2.24) is 14.9 Å². The SMILES string of the molecule is C[C@@H](C(=O)NCc1cc(N(C)C)nc2ccccc12)n1cccc1. The first kappa shape index (κ1) is 16.1. The molecule has 0 saturated carbocycles. The molecule has 1 N–H and O–H groups in total. The number of hydrogen-bond acceptors (Lipinski definition) is 3. The summed E-state index contributed by atoms with van der Waals surface area (Å²) in [6, 6.07) is 13.6. The fourth-order valence-electron chi connectivity index (χ4n) is 2.68. The van der Waals surface area contributed by atoms with Crippen molar-refractivity contribution in [3.8, 4) is 0 Å². The molecular weight excluding hydrogens is 300 g/mol. The van der Waals surface area contributed by atoms with E-state index in [4.69, 9.17) is 0 Å². The number of anilines is 1. The molecule has 1 atom stereocenters. The van der Waals surface area contributed by atoms with Crippen LogP contribution in [0.5, 0.6) is 0 Å². The lowest BCUT2D eigenvalue weighted by Gasteiger charge is -2.17. The quantitative estimate of drug-likeness (QED) is 0.785. The third-order valence-corrected chi connectivity index (χ3v) is 4.15. The molecule has 2 aromatic heterocycles. The molecule has 0 fully saturated rings. The van der Waals surface area contributed by atoms with Crippen molar-refractivity contribution in [2.24, 2.45) is 0 Å². The van der Waals surface area contributed by atoms with E-state index in [9.17, 15) is 4.79 Å². The van der Waals surface area contributed by atoms with Crippen molar-refractivity contribution < 1.29 is 4.79 Å². The molecule has 0 bridgehead atoms. The Morgan fingerprint density at radius 1 is 1.21 bits per heavy atom. The molecule has 0 aliphatic carbocycles. The molecule has 3 rings (SSSR count). The van der Waals surface area contributed by atoms with Gasteiger partial charge in [0.2, 0.25) is 5.91 Å². The minimum absolute atomic E-state index is 0.00139. The number of aromatic nitrogens is 2. The van der Waals surface area contributed by atoms with Crippen LogP contribution >= 0.6 is 0 Å². The number of rotatable bonds is 5. The number of amides is 1. The van der Waals surface area contributed by atoms with Crippen LogP contribution in [0.15, 0.2) is 54.9 Å². The van der Waals surface area contributed by atoms with Crippen LogP contribution in [0.3, 0.4) is 0 Å². The maximum atomic E-state index is 12.4. The van der Waals surface area contributed by atoms with E-state index in [0.29, 0.717) is 6.54 Å². The first-order chi connectivity index (χ1) is 11.6. The number of pyridine rings is 1. The minimum atomic E-state index is -0.235. The Kier molecular flexibility index (Phi) is 4.51. The van der Waals surface area contributed by atoms with Crippen LogP contribution < -0.4 is 10.2 Å². The van der Waals surface area contributed by atoms with E-state index in [0.717, 1.165) is 22.3 Å². The molecule has 0 aliphatic heterocycles. The topological polar surface area (TPSA) is 50.2 Å². The molecule has 5 nitrogen and oxygen atoms in total. The van der Waals surface area contributed by atoms with Gasteiger partial charge in [-0.1, -0.05) is 18.2 Å². The minimum Gasteiger partial charge on any atom is -0.363 e. The Bertz CT molecular complexity index is 840. The van der Waals surface area contributed by atoms with Crippen molar-refractivity contribution in [1.29, 1.82) is 0 Å². The first-order valence-corrected chi connectivity index (χ1v) is 8.02. The summed E-state index contributed by atoms with van der Waals surface area (Å²) in [6.07, 6.45) is 3.80. The largest absolute Gasteiger partial charge is 0.363 e. The summed E-state index contributed by atoms with van der Waals surface area (Å²) in [6.45, 7) is 2.37. The van der Waals surface area contributed by atoms with Crippen LogP contribution in [-0.2, 0) is 11.3 Å². The number of benzene rings is 1. The first-order valence-electron chi connectivity index (χ1n) is 8.02. The van der Waals surface area contributed by atoms with Gasteiger partial charge in [0.1, 0.15) is 11.9 Å². The van der Waals surface area contributed by atoms with Crippen LogP contribution in [0.2, 0.25) is 0 Å². The summed E-state index contributed by atoms with van der Waals surface area (Å²) in [7, 11) is 3.93.